The molecule has 0 saturated carbocycles. The molecule has 0 bridgehead atoms. The normalized spacial score (nSPS) is 13.1. The van der Waals surface area contributed by atoms with Crippen LogP contribution < -0.4 is 0 Å². The van der Waals surface area contributed by atoms with E-state index in [1.165, 1.54) is 16.7 Å². The monoisotopic (exact) mass is 881 g/mol. The van der Waals surface area contributed by atoms with E-state index >= 15 is 0 Å². The van der Waals surface area contributed by atoms with Crippen molar-refractivity contribution in [2.24, 2.45) is 0 Å². The first kappa shape index (κ1) is 41.4. The molecule has 0 saturated heterocycles. The van der Waals surface area contributed by atoms with E-state index in [0.717, 1.165) is 66.8 Å². The summed E-state index contributed by atoms with van der Waals surface area (Å²) in [6.45, 7) is 21.3. The highest BCUT2D eigenvalue weighted by Crippen LogP contribution is 2.43. The van der Waals surface area contributed by atoms with Gasteiger partial charge in [-0.3, -0.25) is 9.55 Å². The Morgan fingerprint density at radius 2 is 1.06 bits per heavy atom. The molecule has 0 fully saturated rings. The minimum atomic E-state index is -2.50. The quantitative estimate of drug-likeness (QED) is 0.173. The first-order chi connectivity index (χ1) is 32.9. The second-order valence-corrected chi connectivity index (χ2v) is 21.4. The maximum absolute atomic E-state index is 11.9. The van der Waals surface area contributed by atoms with E-state index in [0.29, 0.717) is 28.2 Å². The van der Waals surface area contributed by atoms with Crippen LogP contribution in [-0.2, 0) is 16.2 Å². The van der Waals surface area contributed by atoms with Crippen molar-refractivity contribution in [3.8, 4) is 78.6 Å². The first-order valence-corrected chi connectivity index (χ1v) is 23.4. The topological polar surface area (TPSA) is 50.9 Å². The number of phenols is 1. The van der Waals surface area contributed by atoms with Gasteiger partial charge < -0.3 is 5.11 Å². The molecule has 0 atom stereocenters. The largest absolute Gasteiger partial charge is 0.507 e. The zero-order valence-corrected chi connectivity index (χ0v) is 40.8. The van der Waals surface area contributed by atoms with E-state index in [-0.39, 0.29) is 27.6 Å². The summed E-state index contributed by atoms with van der Waals surface area (Å²) >= 11 is 0. The molecule has 9 rings (SSSR count). The number of pyridine rings is 1. The lowest BCUT2D eigenvalue weighted by molar-refractivity contribution is 0.472. The zero-order valence-electron chi connectivity index (χ0n) is 43.8. The van der Waals surface area contributed by atoms with Crippen molar-refractivity contribution in [2.75, 3.05) is 0 Å². The molecule has 9 aromatic rings. The summed E-state index contributed by atoms with van der Waals surface area (Å²) < 4.78 is 29.2. The molecule has 4 nitrogen and oxygen atoms in total. The van der Waals surface area contributed by atoms with Gasteiger partial charge in [0.2, 0.25) is 0 Å². The number of para-hydroxylation sites is 1. The first-order valence-electron chi connectivity index (χ1n) is 24.9. The molecule has 0 aliphatic carbocycles. The van der Waals surface area contributed by atoms with E-state index in [2.05, 4.69) is 165 Å². The SMILES string of the molecule is [2H]C([2H])([2H])c1cc(-c2cc(C(C)(C)C)cc(C(C)(C)C)c2)ccc1-n1c(-c2cc(C)cc(C)c2O)nc2c(-c3cc(-c4cc(-c5ccc(-c6ccccc6)cc5)ccn4)cc(C(C)(C)C)c3)cccc21. The van der Waals surface area contributed by atoms with Gasteiger partial charge in [0, 0.05) is 21.4 Å². The van der Waals surface area contributed by atoms with Crippen molar-refractivity contribution in [1.82, 2.24) is 14.5 Å². The van der Waals surface area contributed by atoms with Gasteiger partial charge in [-0.15, -0.1) is 0 Å². The second kappa shape index (κ2) is 17.0. The van der Waals surface area contributed by atoms with Crippen LogP contribution in [0.5, 0.6) is 5.75 Å². The highest BCUT2D eigenvalue weighted by Gasteiger charge is 2.25. The molecule has 0 radical (unpaired) electrons. The smallest absolute Gasteiger partial charge is 0.149 e. The number of hydrogen-bond donors (Lipinski definition) is 1. The maximum atomic E-state index is 11.9. The summed E-state index contributed by atoms with van der Waals surface area (Å²) in [5, 5.41) is 11.9. The number of nitrogens with zero attached hydrogens (tertiary/aromatic N) is 3. The lowest BCUT2D eigenvalue weighted by atomic mass is 9.79. The standard InChI is InChI=1S/C63H63N3O/c1-39-29-41(3)59(67)54(30-39)60-65-58-53(19-16-20-57(58)66(60)56-26-25-45(31-40(56)2)47-33-51(62(7,8)9)38-52(34-47)63(10,11)12)48-32-49(36-50(35-48)61(4,5)6)55-37-46(27-28-64-55)44-23-21-43(22-24-44)42-17-14-13-15-18-42/h13-38,67H,1-12H3/i2D3. The Hall–Kier alpha value is -7.04. The number of aromatic nitrogens is 3. The molecule has 0 spiro atoms. The second-order valence-electron chi connectivity index (χ2n) is 21.4. The number of aromatic hydroxyl groups is 1. The minimum absolute atomic E-state index is 0.0992. The summed E-state index contributed by atoms with van der Waals surface area (Å²) in [6, 6.07) is 52.3. The van der Waals surface area contributed by atoms with Crippen LogP contribution in [0, 0.1) is 20.7 Å². The van der Waals surface area contributed by atoms with Crippen LogP contribution in [0.2, 0.25) is 0 Å². The van der Waals surface area contributed by atoms with Crippen molar-refractivity contribution in [1.29, 1.82) is 0 Å². The summed E-state index contributed by atoms with van der Waals surface area (Å²) in [5.74, 6) is 0.553. The van der Waals surface area contributed by atoms with E-state index in [1.807, 2.05) is 73.1 Å². The number of rotatable bonds is 7. The summed E-state index contributed by atoms with van der Waals surface area (Å²) in [7, 11) is 0. The van der Waals surface area contributed by atoms with Gasteiger partial charge in [-0.2, -0.15) is 0 Å². The van der Waals surface area contributed by atoms with Gasteiger partial charge in [0.1, 0.15) is 11.6 Å². The van der Waals surface area contributed by atoms with Crippen molar-refractivity contribution in [3.63, 3.8) is 0 Å². The Labute approximate surface area is 402 Å². The maximum Gasteiger partial charge on any atom is 0.149 e. The number of hydrogen-bond acceptors (Lipinski definition) is 3. The van der Waals surface area contributed by atoms with Crippen molar-refractivity contribution in [3.05, 3.63) is 191 Å². The van der Waals surface area contributed by atoms with Crippen LogP contribution >= 0.6 is 0 Å². The Balaban J connectivity index is 1.25. The number of aryl methyl sites for hydroxylation is 3. The van der Waals surface area contributed by atoms with E-state index in [9.17, 15) is 5.11 Å². The fourth-order valence-electron chi connectivity index (χ4n) is 9.08. The Kier molecular flexibility index (Phi) is 10.5. The van der Waals surface area contributed by atoms with E-state index < -0.39 is 6.85 Å². The minimum Gasteiger partial charge on any atom is -0.507 e. The van der Waals surface area contributed by atoms with Gasteiger partial charge in [-0.05, 0) is 158 Å². The van der Waals surface area contributed by atoms with Crippen LogP contribution in [-0.4, -0.2) is 19.6 Å². The fourth-order valence-corrected chi connectivity index (χ4v) is 9.08. The predicted molar refractivity (Wildman–Crippen MR) is 283 cm³/mol. The molecule has 0 aliphatic rings. The van der Waals surface area contributed by atoms with Gasteiger partial charge in [-0.25, -0.2) is 4.98 Å². The molecule has 336 valence electrons. The van der Waals surface area contributed by atoms with Gasteiger partial charge in [0.15, 0.2) is 0 Å². The van der Waals surface area contributed by atoms with Crippen LogP contribution in [0.15, 0.2) is 158 Å². The molecule has 0 unspecified atom stereocenters. The average Bonchev–Trinajstić information content (AvgIpc) is 3.71. The summed E-state index contributed by atoms with van der Waals surface area (Å²) in [5.41, 5.74) is 17.2. The van der Waals surface area contributed by atoms with Gasteiger partial charge in [0.05, 0.1) is 28.0 Å². The molecular formula is C63H63N3O. The summed E-state index contributed by atoms with van der Waals surface area (Å²) in [4.78, 5) is 10.4. The molecule has 1 N–H and O–H groups in total. The molecule has 0 aliphatic heterocycles. The Bertz CT molecular complexity index is 3400. The van der Waals surface area contributed by atoms with Crippen LogP contribution in [0.3, 0.4) is 0 Å². The van der Waals surface area contributed by atoms with Crippen LogP contribution in [0.1, 0.15) is 99.8 Å². The molecule has 4 heteroatoms. The highest BCUT2D eigenvalue weighted by atomic mass is 16.3. The molecule has 0 amide bonds. The lowest BCUT2D eigenvalue weighted by Crippen LogP contribution is -2.16. The van der Waals surface area contributed by atoms with Crippen molar-refractivity contribution < 1.29 is 9.22 Å². The third kappa shape index (κ3) is 8.98. The Morgan fingerprint density at radius 3 is 1.72 bits per heavy atom. The summed E-state index contributed by atoms with van der Waals surface area (Å²) in [6.07, 6.45) is 1.88. The van der Waals surface area contributed by atoms with Crippen molar-refractivity contribution in [2.45, 2.75) is 99.3 Å². The molecular weight excluding hydrogens is 815 g/mol. The zero-order chi connectivity index (χ0) is 50.1. The van der Waals surface area contributed by atoms with E-state index in [1.54, 1.807) is 0 Å². The van der Waals surface area contributed by atoms with Crippen LogP contribution in [0.25, 0.3) is 83.9 Å². The molecule has 7 aromatic carbocycles. The molecule has 2 heterocycles. The lowest BCUT2D eigenvalue weighted by Gasteiger charge is -2.26. The third-order valence-corrected chi connectivity index (χ3v) is 13.1. The third-order valence-electron chi connectivity index (χ3n) is 13.1. The van der Waals surface area contributed by atoms with E-state index in [4.69, 9.17) is 14.1 Å². The average molecular weight is 881 g/mol. The predicted octanol–water partition coefficient (Wildman–Crippen LogP) is 16.9. The number of benzene rings is 7. The number of fused-ring (bicyclic) bond motifs is 1. The van der Waals surface area contributed by atoms with Crippen LogP contribution in [0.4, 0.5) is 0 Å². The molecule has 67 heavy (non-hydrogen) atoms. The van der Waals surface area contributed by atoms with Gasteiger partial charge in [0.25, 0.3) is 0 Å². The fraction of sp³-hybridized carbons (Fsp3) is 0.238. The van der Waals surface area contributed by atoms with Crippen molar-refractivity contribution >= 4 is 11.0 Å². The van der Waals surface area contributed by atoms with Gasteiger partial charge in [-0.1, -0.05) is 165 Å². The molecule has 2 aromatic heterocycles. The highest BCUT2D eigenvalue weighted by molar-refractivity contribution is 5.97. The number of phenolic OH excluding ortho intramolecular Hbond substituents is 1. The number of imidazole rings is 1. The van der Waals surface area contributed by atoms with Gasteiger partial charge >= 0.3 is 0 Å². The Morgan fingerprint density at radius 1 is 0.478 bits per heavy atom.